The number of ether oxygens (including phenoxy) is 1. The minimum absolute atomic E-state index is 2.64. The van der Waals surface area contributed by atoms with Crippen LogP contribution in [-0.4, -0.2) is 24.5 Å². The van der Waals surface area contributed by atoms with E-state index in [1.165, 1.54) is 0 Å². The van der Waals surface area contributed by atoms with Gasteiger partial charge in [-0.1, -0.05) is 0 Å². The van der Waals surface area contributed by atoms with Gasteiger partial charge in [0.1, 0.15) is 0 Å². The van der Waals surface area contributed by atoms with Crippen molar-refractivity contribution in [2.45, 2.75) is 30.3 Å². The van der Waals surface area contributed by atoms with Crippen LogP contribution in [-0.2, 0) is 10.6 Å². The highest BCUT2D eigenvalue weighted by atomic mass is 19.4. The Bertz CT molecular complexity index is 917. The second-order valence-electron chi connectivity index (χ2n) is 5.48. The highest BCUT2D eigenvalue weighted by Gasteiger charge is 2.72. The number of rotatable bonds is 1. The Morgan fingerprint density at radius 1 is 0.633 bits per heavy atom. The lowest BCUT2D eigenvalue weighted by Gasteiger charge is -2.38. The second kappa shape index (κ2) is 6.32. The largest absolute Gasteiger partial charge is 0.465 e. The molecule has 1 unspecified atom stereocenters. The van der Waals surface area contributed by atoms with Crippen LogP contribution in [0.4, 0.5) is 70.2 Å². The van der Waals surface area contributed by atoms with Crippen molar-refractivity contribution in [1.82, 2.24) is 0 Å². The van der Waals surface area contributed by atoms with Crippen molar-refractivity contribution in [3.8, 4) is 0 Å². The van der Waals surface area contributed by atoms with Gasteiger partial charge in [0.25, 0.3) is 0 Å². The van der Waals surface area contributed by atoms with Crippen molar-refractivity contribution in [2.24, 2.45) is 0 Å². The summed E-state index contributed by atoms with van der Waals surface area (Å²) in [5.74, 6) is -31.3. The zero-order valence-corrected chi connectivity index (χ0v) is 13.0. The normalized spacial score (nSPS) is 20.9. The van der Waals surface area contributed by atoms with E-state index in [0.717, 1.165) is 0 Å². The van der Waals surface area contributed by atoms with Crippen molar-refractivity contribution in [3.05, 3.63) is 40.2 Å². The Morgan fingerprint density at radius 2 is 1.07 bits per heavy atom. The molecule has 0 amide bonds. The van der Waals surface area contributed by atoms with Crippen LogP contribution in [0.25, 0.3) is 5.57 Å². The number of hydrogen-bond donors (Lipinski definition) is 0. The van der Waals surface area contributed by atoms with Crippen LogP contribution in [0, 0.1) is 23.3 Å². The summed E-state index contributed by atoms with van der Waals surface area (Å²) in [4.78, 5) is 0. The highest BCUT2D eigenvalue weighted by molar-refractivity contribution is 5.79. The van der Waals surface area contributed by atoms with Crippen molar-refractivity contribution in [1.29, 1.82) is 0 Å². The van der Waals surface area contributed by atoms with Gasteiger partial charge in [-0.2, -0.15) is 52.7 Å². The fourth-order valence-corrected chi connectivity index (χ4v) is 2.37. The Labute approximate surface area is 152 Å². The molecule has 0 saturated carbocycles. The molecule has 1 aromatic carbocycles. The Hall–Kier alpha value is -2.36. The lowest BCUT2D eigenvalue weighted by atomic mass is 9.86. The molecule has 0 spiro atoms. The summed E-state index contributed by atoms with van der Waals surface area (Å²) in [5.41, 5.74) is -11.0. The molecule has 1 atom stereocenters. The van der Waals surface area contributed by atoms with Crippen molar-refractivity contribution in [2.75, 3.05) is 0 Å². The summed E-state index contributed by atoms with van der Waals surface area (Å²) in [6, 6.07) is 0. The Kier molecular flexibility index (Phi) is 5.04. The van der Waals surface area contributed by atoms with E-state index in [2.05, 4.69) is 4.74 Å². The number of halogens is 16. The molecule has 1 aliphatic heterocycles. The van der Waals surface area contributed by atoms with Crippen LogP contribution >= 0.6 is 0 Å². The van der Waals surface area contributed by atoms with E-state index in [0.29, 0.717) is 0 Å². The van der Waals surface area contributed by atoms with Gasteiger partial charge in [0.15, 0.2) is 23.3 Å². The topological polar surface area (TPSA) is 9.23 Å². The first kappa shape index (κ1) is 23.9. The predicted octanol–water partition coefficient (Wildman–Crippen LogP) is 6.43. The summed E-state index contributed by atoms with van der Waals surface area (Å²) in [5, 5.41) is 0. The molecule has 2 rings (SSSR count). The molecule has 1 heterocycles. The van der Waals surface area contributed by atoms with Crippen LogP contribution in [0.1, 0.15) is 11.1 Å². The van der Waals surface area contributed by atoms with Crippen LogP contribution < -0.4 is 0 Å². The zero-order chi connectivity index (χ0) is 23.8. The lowest BCUT2D eigenvalue weighted by molar-refractivity contribution is -0.345. The first-order chi connectivity index (χ1) is 13.1. The Morgan fingerprint density at radius 3 is 1.43 bits per heavy atom. The van der Waals surface area contributed by atoms with Gasteiger partial charge < -0.3 is 4.74 Å². The van der Waals surface area contributed by atoms with E-state index < -0.39 is 76.0 Å². The molecule has 0 N–H and O–H groups in total. The minimum atomic E-state index is -7.15. The molecule has 1 nitrogen and oxygen atoms in total. The number of allylic oxidation sites excluding steroid dienone is 2. The van der Waals surface area contributed by atoms with Crippen molar-refractivity contribution < 1.29 is 75.0 Å². The number of alkyl halides is 12. The second-order valence-corrected chi connectivity index (χ2v) is 5.48. The third kappa shape index (κ3) is 3.12. The third-order valence-corrected chi connectivity index (χ3v) is 3.60. The fraction of sp³-hybridized carbons (Fsp3) is 0.385. The van der Waals surface area contributed by atoms with Crippen LogP contribution in [0.2, 0.25) is 0 Å². The van der Waals surface area contributed by atoms with Gasteiger partial charge >= 0.3 is 30.3 Å². The third-order valence-electron chi connectivity index (χ3n) is 3.60. The quantitative estimate of drug-likeness (QED) is 0.258. The molecule has 0 saturated heterocycles. The maximum absolute atomic E-state index is 14.4. The average molecular weight is 476 g/mol. The van der Waals surface area contributed by atoms with Crippen LogP contribution in [0.15, 0.2) is 5.76 Å². The summed E-state index contributed by atoms with van der Waals surface area (Å²) >= 11 is 0. The maximum atomic E-state index is 14.4. The number of benzene rings is 1. The molecule has 30 heavy (non-hydrogen) atoms. The SMILES string of the molecule is Fc1c(F)c(F)c2c(c1F)C(C(F)(F)C(F)(F)F)=C(C(F)(F)F)OC2(F)C(F)(F)F. The van der Waals surface area contributed by atoms with Gasteiger partial charge in [-0.3, -0.25) is 0 Å². The van der Waals surface area contributed by atoms with Gasteiger partial charge in [0.2, 0.25) is 5.76 Å². The molecule has 17 heteroatoms. The molecule has 170 valence electrons. The Balaban J connectivity index is 3.25. The molecule has 0 aromatic heterocycles. The van der Waals surface area contributed by atoms with E-state index in [9.17, 15) is 70.2 Å². The standard InChI is InChI=1S/C13F16O/c14-4-1-2(5(15)7(17)6(4)16)10(20,13(27,28)29)30-8(11(21,22)23)3(1)9(18,19)12(24,25)26. The fourth-order valence-electron chi connectivity index (χ4n) is 2.37. The molecule has 0 fully saturated rings. The van der Waals surface area contributed by atoms with Crippen molar-refractivity contribution >= 4 is 5.57 Å². The van der Waals surface area contributed by atoms with Gasteiger partial charge in [0.05, 0.1) is 11.1 Å². The maximum Gasteiger partial charge on any atom is 0.465 e. The summed E-state index contributed by atoms with van der Waals surface area (Å²) < 4.78 is 214. The first-order valence-corrected chi connectivity index (χ1v) is 6.68. The molecule has 1 aromatic rings. The molecule has 1 aliphatic rings. The molecule has 0 bridgehead atoms. The molecule has 0 radical (unpaired) electrons. The van der Waals surface area contributed by atoms with Crippen LogP contribution in [0.5, 0.6) is 0 Å². The highest BCUT2D eigenvalue weighted by Crippen LogP contribution is 2.60. The lowest BCUT2D eigenvalue weighted by Crippen LogP contribution is -2.50. The summed E-state index contributed by atoms with van der Waals surface area (Å²) in [7, 11) is 0. The van der Waals surface area contributed by atoms with Crippen LogP contribution in [0.3, 0.4) is 0 Å². The van der Waals surface area contributed by atoms with E-state index in [-0.39, 0.29) is 0 Å². The zero-order valence-electron chi connectivity index (χ0n) is 13.0. The van der Waals surface area contributed by atoms with Crippen molar-refractivity contribution in [3.63, 3.8) is 0 Å². The first-order valence-electron chi connectivity index (χ1n) is 6.68. The number of hydrogen-bond acceptors (Lipinski definition) is 1. The predicted molar refractivity (Wildman–Crippen MR) is 60.2 cm³/mol. The van der Waals surface area contributed by atoms with E-state index in [1.807, 2.05) is 0 Å². The molecular formula is C13F16O. The van der Waals surface area contributed by atoms with E-state index >= 15 is 0 Å². The molecular weight excluding hydrogens is 476 g/mol. The van der Waals surface area contributed by atoms with Gasteiger partial charge in [-0.05, 0) is 0 Å². The summed E-state index contributed by atoms with van der Waals surface area (Å²) in [6.07, 6.45) is -20.9. The summed E-state index contributed by atoms with van der Waals surface area (Å²) in [6.45, 7) is 0. The number of fused-ring (bicyclic) bond motifs is 1. The molecule has 0 aliphatic carbocycles. The van der Waals surface area contributed by atoms with E-state index in [1.54, 1.807) is 0 Å². The van der Waals surface area contributed by atoms with Gasteiger partial charge in [0, 0.05) is 5.56 Å². The van der Waals surface area contributed by atoms with Gasteiger partial charge in [-0.15, -0.1) is 0 Å². The van der Waals surface area contributed by atoms with E-state index in [4.69, 9.17) is 0 Å². The average Bonchev–Trinajstić information content (AvgIpc) is 2.53. The van der Waals surface area contributed by atoms with Gasteiger partial charge in [-0.25, -0.2) is 17.6 Å². The minimum Gasteiger partial charge on any atom is -0.441 e. The monoisotopic (exact) mass is 476 g/mol. The smallest absolute Gasteiger partial charge is 0.441 e.